The molecule has 0 bridgehead atoms. The molecule has 1 aromatic rings. The molecule has 0 radical (unpaired) electrons. The van der Waals surface area contributed by atoms with Crippen molar-refractivity contribution in [2.45, 2.75) is 26.9 Å². The maximum Gasteiger partial charge on any atom is 0.129 e. The Balaban J connectivity index is 0.000000171. The monoisotopic (exact) mass is 256 g/mol. The molecule has 1 aliphatic rings. The molecule has 1 aliphatic heterocycles. The van der Waals surface area contributed by atoms with E-state index in [0.29, 0.717) is 17.0 Å². The molecule has 4 heteroatoms. The van der Waals surface area contributed by atoms with E-state index < -0.39 is 0 Å². The number of nitrogens with one attached hydrogen (secondary N) is 1. The van der Waals surface area contributed by atoms with Crippen molar-refractivity contribution in [3.05, 3.63) is 29.0 Å². The number of hydrogen-bond acceptors (Lipinski definition) is 3. The van der Waals surface area contributed by atoms with Crippen molar-refractivity contribution < 1.29 is 5.11 Å². The zero-order valence-electron chi connectivity index (χ0n) is 10.7. The van der Waals surface area contributed by atoms with Crippen LogP contribution >= 0.6 is 11.6 Å². The van der Waals surface area contributed by atoms with Crippen LogP contribution in [-0.4, -0.2) is 29.3 Å². The summed E-state index contributed by atoms with van der Waals surface area (Å²) in [6.45, 7) is 8.06. The van der Waals surface area contributed by atoms with Crippen molar-refractivity contribution in [1.82, 2.24) is 10.3 Å². The molecule has 0 aliphatic carbocycles. The SMILES string of the molecule is CC1CNCC(C)C1O.Cc1ccnc(Cl)c1. The highest BCUT2D eigenvalue weighted by Crippen LogP contribution is 2.15. The van der Waals surface area contributed by atoms with E-state index in [2.05, 4.69) is 24.1 Å². The number of pyridine rings is 1. The topological polar surface area (TPSA) is 45.1 Å². The second-order valence-corrected chi connectivity index (χ2v) is 5.15. The van der Waals surface area contributed by atoms with E-state index in [9.17, 15) is 5.11 Å². The van der Waals surface area contributed by atoms with Crippen molar-refractivity contribution in [3.8, 4) is 0 Å². The van der Waals surface area contributed by atoms with E-state index in [-0.39, 0.29) is 6.10 Å². The summed E-state index contributed by atoms with van der Waals surface area (Å²) in [7, 11) is 0. The Bertz CT molecular complexity index is 319. The lowest BCUT2D eigenvalue weighted by Crippen LogP contribution is -2.44. The molecule has 2 heterocycles. The van der Waals surface area contributed by atoms with E-state index in [1.165, 1.54) is 0 Å². The van der Waals surface area contributed by atoms with Gasteiger partial charge >= 0.3 is 0 Å². The van der Waals surface area contributed by atoms with Gasteiger partial charge in [-0.15, -0.1) is 0 Å². The highest BCUT2D eigenvalue weighted by molar-refractivity contribution is 6.29. The van der Waals surface area contributed by atoms with E-state index in [1.54, 1.807) is 6.20 Å². The maximum atomic E-state index is 9.41. The van der Waals surface area contributed by atoms with Crippen LogP contribution in [-0.2, 0) is 0 Å². The first-order valence-electron chi connectivity index (χ1n) is 5.97. The van der Waals surface area contributed by atoms with Crippen LogP contribution in [0.2, 0.25) is 5.15 Å². The minimum Gasteiger partial charge on any atom is -0.392 e. The largest absolute Gasteiger partial charge is 0.392 e. The van der Waals surface area contributed by atoms with Crippen LogP contribution in [0.15, 0.2) is 18.3 Å². The molecule has 17 heavy (non-hydrogen) atoms. The number of piperidine rings is 1. The lowest BCUT2D eigenvalue weighted by molar-refractivity contribution is 0.0434. The summed E-state index contributed by atoms with van der Waals surface area (Å²) in [5, 5.41) is 13.2. The number of aliphatic hydroxyl groups excluding tert-OH is 1. The van der Waals surface area contributed by atoms with Crippen LogP contribution in [0.1, 0.15) is 19.4 Å². The second-order valence-electron chi connectivity index (χ2n) is 4.76. The molecule has 1 aromatic heterocycles. The van der Waals surface area contributed by atoms with Crippen molar-refractivity contribution in [2.75, 3.05) is 13.1 Å². The Labute approximate surface area is 108 Å². The number of aliphatic hydroxyl groups is 1. The third kappa shape index (κ3) is 5.02. The molecule has 0 aromatic carbocycles. The van der Waals surface area contributed by atoms with Gasteiger partial charge in [0.1, 0.15) is 5.15 Å². The van der Waals surface area contributed by atoms with Gasteiger partial charge in [0.25, 0.3) is 0 Å². The molecule has 96 valence electrons. The van der Waals surface area contributed by atoms with Crippen molar-refractivity contribution in [3.63, 3.8) is 0 Å². The van der Waals surface area contributed by atoms with Gasteiger partial charge in [0.2, 0.25) is 0 Å². The van der Waals surface area contributed by atoms with Crippen LogP contribution < -0.4 is 5.32 Å². The number of halogens is 1. The van der Waals surface area contributed by atoms with E-state index in [4.69, 9.17) is 11.6 Å². The molecule has 2 atom stereocenters. The third-order valence-corrected chi connectivity index (χ3v) is 3.19. The van der Waals surface area contributed by atoms with Gasteiger partial charge in [0.05, 0.1) is 6.10 Å². The number of aromatic nitrogens is 1. The summed E-state index contributed by atoms with van der Waals surface area (Å²) in [4.78, 5) is 3.81. The Morgan fingerprint density at radius 1 is 1.35 bits per heavy atom. The summed E-state index contributed by atoms with van der Waals surface area (Å²) in [6, 6.07) is 3.73. The minimum absolute atomic E-state index is 0.0914. The fourth-order valence-electron chi connectivity index (χ4n) is 1.84. The maximum absolute atomic E-state index is 9.41. The number of nitrogens with zero attached hydrogens (tertiary/aromatic N) is 1. The Hall–Kier alpha value is -0.640. The Morgan fingerprint density at radius 3 is 2.29 bits per heavy atom. The summed E-state index contributed by atoms with van der Waals surface area (Å²) in [5.74, 6) is 0.850. The summed E-state index contributed by atoms with van der Waals surface area (Å²) in [5.41, 5.74) is 1.14. The predicted molar refractivity (Wildman–Crippen MR) is 71.2 cm³/mol. The summed E-state index contributed by atoms with van der Waals surface area (Å²) < 4.78 is 0. The first-order chi connectivity index (χ1) is 8.00. The fourth-order valence-corrected chi connectivity index (χ4v) is 2.07. The van der Waals surface area contributed by atoms with Gasteiger partial charge in [-0.1, -0.05) is 25.4 Å². The van der Waals surface area contributed by atoms with Crippen LogP contribution in [0, 0.1) is 18.8 Å². The molecule has 0 spiro atoms. The summed E-state index contributed by atoms with van der Waals surface area (Å²) in [6.07, 6.45) is 1.60. The zero-order valence-corrected chi connectivity index (χ0v) is 11.4. The van der Waals surface area contributed by atoms with Crippen LogP contribution in [0.25, 0.3) is 0 Å². The van der Waals surface area contributed by atoms with E-state index >= 15 is 0 Å². The molecule has 0 amide bonds. The molecule has 2 rings (SSSR count). The highest BCUT2D eigenvalue weighted by Gasteiger charge is 2.24. The summed E-state index contributed by atoms with van der Waals surface area (Å²) >= 11 is 5.53. The fraction of sp³-hybridized carbons (Fsp3) is 0.615. The Morgan fingerprint density at radius 2 is 1.94 bits per heavy atom. The van der Waals surface area contributed by atoms with Gasteiger partial charge in [-0.3, -0.25) is 0 Å². The van der Waals surface area contributed by atoms with Gasteiger partial charge in [-0.2, -0.15) is 0 Å². The first kappa shape index (κ1) is 14.4. The average Bonchev–Trinajstić information content (AvgIpc) is 2.26. The number of hydrogen-bond donors (Lipinski definition) is 2. The molecule has 3 nitrogen and oxygen atoms in total. The third-order valence-electron chi connectivity index (χ3n) is 2.98. The first-order valence-corrected chi connectivity index (χ1v) is 6.35. The van der Waals surface area contributed by atoms with Gasteiger partial charge in [0.15, 0.2) is 0 Å². The van der Waals surface area contributed by atoms with Crippen molar-refractivity contribution >= 4 is 11.6 Å². The standard InChI is InChI=1S/C7H15NO.C6H6ClN/c1-5-3-8-4-6(2)7(5)9;1-5-2-3-8-6(7)4-5/h5-9H,3-4H2,1-2H3;2-4H,1H3. The molecule has 1 fully saturated rings. The molecular weight excluding hydrogens is 236 g/mol. The smallest absolute Gasteiger partial charge is 0.129 e. The molecule has 0 saturated carbocycles. The lowest BCUT2D eigenvalue weighted by Gasteiger charge is -2.30. The highest BCUT2D eigenvalue weighted by atomic mass is 35.5. The predicted octanol–water partition coefficient (Wildman–Crippen LogP) is 2.27. The van der Waals surface area contributed by atoms with Gasteiger partial charge in [0, 0.05) is 19.3 Å². The van der Waals surface area contributed by atoms with Gasteiger partial charge in [-0.25, -0.2) is 4.98 Å². The Kier molecular flexibility index (Phi) is 5.89. The number of rotatable bonds is 0. The van der Waals surface area contributed by atoms with E-state index in [0.717, 1.165) is 18.7 Å². The molecular formula is C13H21ClN2O. The van der Waals surface area contributed by atoms with Crippen LogP contribution in [0.5, 0.6) is 0 Å². The van der Waals surface area contributed by atoms with Crippen LogP contribution in [0.4, 0.5) is 0 Å². The van der Waals surface area contributed by atoms with E-state index in [1.807, 2.05) is 19.1 Å². The van der Waals surface area contributed by atoms with Crippen molar-refractivity contribution in [1.29, 1.82) is 0 Å². The molecule has 1 saturated heterocycles. The van der Waals surface area contributed by atoms with Gasteiger partial charge in [-0.05, 0) is 36.5 Å². The minimum atomic E-state index is -0.0914. The number of aryl methyl sites for hydroxylation is 1. The zero-order chi connectivity index (χ0) is 12.8. The molecule has 2 N–H and O–H groups in total. The van der Waals surface area contributed by atoms with Crippen molar-refractivity contribution in [2.24, 2.45) is 11.8 Å². The average molecular weight is 257 g/mol. The second kappa shape index (κ2) is 6.94. The van der Waals surface area contributed by atoms with Crippen LogP contribution in [0.3, 0.4) is 0 Å². The van der Waals surface area contributed by atoms with Gasteiger partial charge < -0.3 is 10.4 Å². The quantitative estimate of drug-likeness (QED) is 0.700. The molecule has 2 unspecified atom stereocenters. The normalized spacial score (nSPS) is 28.2. The lowest BCUT2D eigenvalue weighted by atomic mass is 9.90.